The van der Waals surface area contributed by atoms with Crippen molar-refractivity contribution in [2.45, 2.75) is 6.42 Å². The standard InChI is InChI=1S/C22H22N4O4S/c1-28-17-4-2-3-15(11-17)12-20-23-22(31-24-20)26-9-7-25(8-10-26)21(27)16-5-6-18-19(13-16)30-14-29-18/h2-6,11,13H,7-10,12,14H2,1H3. The van der Waals surface area contributed by atoms with E-state index in [0.29, 0.717) is 36.6 Å². The van der Waals surface area contributed by atoms with Crippen LogP contribution in [-0.4, -0.2) is 60.2 Å². The molecule has 0 radical (unpaired) electrons. The van der Waals surface area contributed by atoms with Crippen molar-refractivity contribution in [2.24, 2.45) is 0 Å². The predicted octanol–water partition coefficient (Wildman–Crippen LogP) is 2.83. The number of carbonyl (C=O) groups excluding carboxylic acids is 1. The molecule has 0 aliphatic carbocycles. The topological polar surface area (TPSA) is 77.0 Å². The van der Waals surface area contributed by atoms with Crippen LogP contribution >= 0.6 is 11.5 Å². The van der Waals surface area contributed by atoms with Gasteiger partial charge in [0.15, 0.2) is 11.5 Å². The second kappa shape index (κ2) is 8.43. The lowest BCUT2D eigenvalue weighted by Gasteiger charge is -2.34. The van der Waals surface area contributed by atoms with Crippen molar-refractivity contribution in [3.63, 3.8) is 0 Å². The lowest BCUT2D eigenvalue weighted by Crippen LogP contribution is -2.48. The fraction of sp³-hybridized carbons (Fsp3) is 0.318. The molecule has 1 fully saturated rings. The lowest BCUT2D eigenvalue weighted by molar-refractivity contribution is 0.0746. The van der Waals surface area contributed by atoms with Gasteiger partial charge in [0.25, 0.3) is 5.91 Å². The number of rotatable bonds is 5. The molecule has 0 N–H and O–H groups in total. The molecule has 0 spiro atoms. The van der Waals surface area contributed by atoms with Crippen LogP contribution < -0.4 is 19.1 Å². The molecule has 3 aromatic rings. The summed E-state index contributed by atoms with van der Waals surface area (Å²) >= 11 is 1.40. The predicted molar refractivity (Wildman–Crippen MR) is 116 cm³/mol. The van der Waals surface area contributed by atoms with Crippen molar-refractivity contribution >= 4 is 22.6 Å². The van der Waals surface area contributed by atoms with Crippen molar-refractivity contribution in [1.29, 1.82) is 0 Å². The number of ether oxygens (including phenoxy) is 3. The Bertz CT molecular complexity index is 1090. The number of piperazine rings is 1. The summed E-state index contributed by atoms with van der Waals surface area (Å²) in [5, 5.41) is 0.896. The summed E-state index contributed by atoms with van der Waals surface area (Å²) in [6.07, 6.45) is 0.663. The van der Waals surface area contributed by atoms with Gasteiger partial charge < -0.3 is 24.0 Å². The largest absolute Gasteiger partial charge is 0.497 e. The SMILES string of the molecule is COc1cccc(Cc2nsc(N3CCN(C(=O)c4ccc5c(c4)OCO5)CC3)n2)c1. The molecule has 5 rings (SSSR count). The Kier molecular flexibility index (Phi) is 5.33. The monoisotopic (exact) mass is 438 g/mol. The average Bonchev–Trinajstić information content (AvgIpc) is 3.48. The molecule has 0 bridgehead atoms. The van der Waals surface area contributed by atoms with E-state index in [4.69, 9.17) is 19.2 Å². The summed E-state index contributed by atoms with van der Waals surface area (Å²) in [6, 6.07) is 13.3. The lowest BCUT2D eigenvalue weighted by atomic mass is 10.1. The third-order valence-electron chi connectivity index (χ3n) is 5.41. The van der Waals surface area contributed by atoms with Gasteiger partial charge in [-0.2, -0.15) is 4.37 Å². The van der Waals surface area contributed by atoms with Crippen LogP contribution in [0.2, 0.25) is 0 Å². The third-order valence-corrected chi connectivity index (χ3v) is 6.23. The third kappa shape index (κ3) is 4.13. The molecule has 160 valence electrons. The first-order chi connectivity index (χ1) is 15.2. The van der Waals surface area contributed by atoms with Crippen molar-refractivity contribution in [3.8, 4) is 17.2 Å². The normalized spacial score (nSPS) is 15.3. The fourth-order valence-corrected chi connectivity index (χ4v) is 4.46. The van der Waals surface area contributed by atoms with E-state index in [1.807, 2.05) is 29.2 Å². The zero-order valence-electron chi connectivity index (χ0n) is 17.1. The number of carbonyl (C=O) groups is 1. The van der Waals surface area contributed by atoms with Crippen LogP contribution in [0.25, 0.3) is 0 Å². The summed E-state index contributed by atoms with van der Waals surface area (Å²) in [5.74, 6) is 2.95. The van der Waals surface area contributed by atoms with Crippen LogP contribution in [0.3, 0.4) is 0 Å². The van der Waals surface area contributed by atoms with E-state index >= 15 is 0 Å². The summed E-state index contributed by atoms with van der Waals surface area (Å²) in [4.78, 5) is 21.6. The first-order valence-corrected chi connectivity index (χ1v) is 10.9. The zero-order chi connectivity index (χ0) is 21.2. The molecule has 1 aromatic heterocycles. The number of benzene rings is 2. The quantitative estimate of drug-likeness (QED) is 0.606. The van der Waals surface area contributed by atoms with Crippen LogP contribution in [0.5, 0.6) is 17.2 Å². The maximum absolute atomic E-state index is 12.9. The molecule has 0 unspecified atom stereocenters. The van der Waals surface area contributed by atoms with Gasteiger partial charge in [-0.15, -0.1) is 0 Å². The van der Waals surface area contributed by atoms with Crippen molar-refractivity contribution < 1.29 is 19.0 Å². The van der Waals surface area contributed by atoms with E-state index in [9.17, 15) is 4.79 Å². The molecular weight excluding hydrogens is 416 g/mol. The highest BCUT2D eigenvalue weighted by atomic mass is 32.1. The molecule has 0 saturated carbocycles. The molecular formula is C22H22N4O4S. The van der Waals surface area contributed by atoms with Crippen LogP contribution in [0.15, 0.2) is 42.5 Å². The Morgan fingerprint density at radius 3 is 2.77 bits per heavy atom. The maximum atomic E-state index is 12.9. The average molecular weight is 439 g/mol. The van der Waals surface area contributed by atoms with E-state index in [2.05, 4.69) is 9.27 Å². The van der Waals surface area contributed by atoms with Gasteiger partial charge in [0, 0.05) is 49.7 Å². The first kappa shape index (κ1) is 19.6. The number of fused-ring (bicyclic) bond motifs is 1. The van der Waals surface area contributed by atoms with Gasteiger partial charge in [0.05, 0.1) is 7.11 Å². The van der Waals surface area contributed by atoms with E-state index in [1.54, 1.807) is 25.3 Å². The second-order valence-corrected chi connectivity index (χ2v) is 8.10. The molecule has 8 nitrogen and oxygen atoms in total. The number of hydrogen-bond donors (Lipinski definition) is 0. The van der Waals surface area contributed by atoms with Crippen LogP contribution in [-0.2, 0) is 6.42 Å². The number of nitrogens with zero attached hydrogens (tertiary/aromatic N) is 4. The molecule has 1 saturated heterocycles. The van der Waals surface area contributed by atoms with Crippen molar-refractivity contribution in [1.82, 2.24) is 14.3 Å². The fourth-order valence-electron chi connectivity index (χ4n) is 3.72. The number of aromatic nitrogens is 2. The highest BCUT2D eigenvalue weighted by Gasteiger charge is 2.25. The number of methoxy groups -OCH3 is 1. The summed E-state index contributed by atoms with van der Waals surface area (Å²) in [7, 11) is 1.66. The molecule has 1 amide bonds. The Labute approximate surface area is 184 Å². The Hall–Kier alpha value is -3.33. The summed E-state index contributed by atoms with van der Waals surface area (Å²) in [5.41, 5.74) is 1.73. The smallest absolute Gasteiger partial charge is 0.254 e. The van der Waals surface area contributed by atoms with Crippen molar-refractivity contribution in [2.75, 3.05) is 45.0 Å². The highest BCUT2D eigenvalue weighted by molar-refractivity contribution is 7.09. The van der Waals surface area contributed by atoms with Crippen LogP contribution in [0.4, 0.5) is 5.13 Å². The maximum Gasteiger partial charge on any atom is 0.254 e. The summed E-state index contributed by atoms with van der Waals surface area (Å²) in [6.45, 7) is 2.93. The van der Waals surface area contributed by atoms with Gasteiger partial charge in [0.2, 0.25) is 11.9 Å². The van der Waals surface area contributed by atoms with E-state index < -0.39 is 0 Å². The Morgan fingerprint density at radius 2 is 1.94 bits per heavy atom. The summed E-state index contributed by atoms with van der Waals surface area (Å²) < 4.78 is 20.5. The second-order valence-electron chi connectivity index (χ2n) is 7.37. The molecule has 3 heterocycles. The minimum absolute atomic E-state index is 0.00827. The highest BCUT2D eigenvalue weighted by Crippen LogP contribution is 2.33. The van der Waals surface area contributed by atoms with E-state index in [1.165, 1.54) is 11.5 Å². The van der Waals surface area contributed by atoms with Crippen LogP contribution in [0.1, 0.15) is 21.7 Å². The number of hydrogen-bond acceptors (Lipinski definition) is 8. The van der Waals surface area contributed by atoms with Gasteiger partial charge in [-0.3, -0.25) is 4.79 Å². The Morgan fingerprint density at radius 1 is 1.10 bits per heavy atom. The minimum atomic E-state index is 0.00827. The van der Waals surface area contributed by atoms with E-state index in [0.717, 1.165) is 35.4 Å². The van der Waals surface area contributed by atoms with Gasteiger partial charge in [-0.1, -0.05) is 12.1 Å². The van der Waals surface area contributed by atoms with Crippen molar-refractivity contribution in [3.05, 3.63) is 59.4 Å². The molecule has 0 atom stereocenters. The van der Waals surface area contributed by atoms with Gasteiger partial charge >= 0.3 is 0 Å². The Balaban J connectivity index is 1.19. The van der Waals surface area contributed by atoms with Gasteiger partial charge in [0.1, 0.15) is 11.6 Å². The number of amides is 1. The minimum Gasteiger partial charge on any atom is -0.497 e. The van der Waals surface area contributed by atoms with Crippen LogP contribution in [0, 0.1) is 0 Å². The van der Waals surface area contributed by atoms with Gasteiger partial charge in [-0.05, 0) is 35.9 Å². The molecule has 31 heavy (non-hydrogen) atoms. The molecule has 2 aliphatic heterocycles. The van der Waals surface area contributed by atoms with Gasteiger partial charge in [-0.25, -0.2) is 4.98 Å². The molecule has 2 aliphatic rings. The zero-order valence-corrected chi connectivity index (χ0v) is 17.9. The van der Waals surface area contributed by atoms with E-state index in [-0.39, 0.29) is 12.7 Å². The first-order valence-electron chi connectivity index (χ1n) is 10.1. The number of anilines is 1. The molecule has 9 heteroatoms. The molecule has 2 aromatic carbocycles.